The molecule has 0 radical (unpaired) electrons. The second-order valence-electron chi connectivity index (χ2n) is 9.30. The largest absolute Gasteiger partial charge is 0.482 e. The van der Waals surface area contributed by atoms with Gasteiger partial charge < -0.3 is 21.5 Å². The maximum absolute atomic E-state index is 14.3. The van der Waals surface area contributed by atoms with E-state index in [9.17, 15) is 4.39 Å². The Kier molecular flexibility index (Phi) is 5.96. The van der Waals surface area contributed by atoms with Gasteiger partial charge in [0.1, 0.15) is 11.9 Å². The summed E-state index contributed by atoms with van der Waals surface area (Å²) in [6, 6.07) is 10.4. The number of hydrogen-bond donors (Lipinski definition) is 3. The lowest BCUT2D eigenvalue weighted by Crippen LogP contribution is -2.27. The number of benzene rings is 1. The first-order valence-electron chi connectivity index (χ1n) is 11.8. The maximum Gasteiger partial charge on any atom is 0.166 e. The van der Waals surface area contributed by atoms with Crippen LogP contribution in [0.25, 0.3) is 17.0 Å². The van der Waals surface area contributed by atoms with Crippen LogP contribution in [0.3, 0.4) is 0 Å². The lowest BCUT2D eigenvalue weighted by atomic mass is 9.90. The topological polar surface area (TPSA) is 99.1 Å². The molecule has 3 aromatic rings. The third kappa shape index (κ3) is 4.48. The summed E-state index contributed by atoms with van der Waals surface area (Å²) in [5, 5.41) is 3.66. The number of nitrogen functional groups attached to an aromatic ring is 1. The van der Waals surface area contributed by atoms with Crippen molar-refractivity contribution in [2.75, 3.05) is 12.3 Å². The Morgan fingerprint density at radius 3 is 2.79 bits per heavy atom. The van der Waals surface area contributed by atoms with Crippen molar-refractivity contribution in [2.45, 2.75) is 45.3 Å². The van der Waals surface area contributed by atoms with Crippen molar-refractivity contribution in [3.05, 3.63) is 76.9 Å². The van der Waals surface area contributed by atoms with Gasteiger partial charge in [-0.3, -0.25) is 4.98 Å². The number of anilines is 1. The third-order valence-electron chi connectivity index (χ3n) is 6.59. The van der Waals surface area contributed by atoms with Crippen LogP contribution in [-0.2, 0) is 6.42 Å². The number of rotatable bonds is 4. The highest BCUT2D eigenvalue weighted by atomic mass is 19.1. The van der Waals surface area contributed by atoms with Gasteiger partial charge in [0.25, 0.3) is 0 Å². The summed E-state index contributed by atoms with van der Waals surface area (Å²) in [5.41, 5.74) is 18.9. The predicted octanol–water partition coefficient (Wildman–Crippen LogP) is 4.62. The molecule has 5 rings (SSSR count). The van der Waals surface area contributed by atoms with Crippen LogP contribution in [-0.4, -0.2) is 22.6 Å². The van der Waals surface area contributed by atoms with Gasteiger partial charge in [0.2, 0.25) is 0 Å². The van der Waals surface area contributed by atoms with Crippen molar-refractivity contribution in [1.29, 1.82) is 0 Å². The van der Waals surface area contributed by atoms with E-state index in [2.05, 4.69) is 16.4 Å². The molecule has 2 atom stereocenters. The Balaban J connectivity index is 1.75. The van der Waals surface area contributed by atoms with Crippen LogP contribution in [0.1, 0.15) is 49.5 Å². The molecule has 0 amide bonds. The summed E-state index contributed by atoms with van der Waals surface area (Å²) in [6.07, 6.45) is 6.11. The Morgan fingerprint density at radius 1 is 1.21 bits per heavy atom. The van der Waals surface area contributed by atoms with Crippen molar-refractivity contribution < 1.29 is 9.13 Å². The van der Waals surface area contributed by atoms with Crippen molar-refractivity contribution in [3.8, 4) is 17.0 Å². The number of nitrogens with zero attached hydrogens (tertiary/aromatic N) is 2. The number of nitrogens with two attached hydrogens (primary N) is 2. The highest BCUT2D eigenvalue weighted by Crippen LogP contribution is 2.37. The highest BCUT2D eigenvalue weighted by Gasteiger charge is 2.25. The summed E-state index contributed by atoms with van der Waals surface area (Å²) in [4.78, 5) is 9.12. The fraction of sp³-hybridized carbons (Fsp3) is 0.333. The van der Waals surface area contributed by atoms with Gasteiger partial charge in [-0.05, 0) is 80.5 Å². The molecule has 3 heterocycles. The number of halogens is 1. The van der Waals surface area contributed by atoms with Gasteiger partial charge in [-0.2, -0.15) is 0 Å². The van der Waals surface area contributed by atoms with E-state index < -0.39 is 6.10 Å². The lowest BCUT2D eigenvalue weighted by Gasteiger charge is -2.25. The number of nitrogens with one attached hydrogen (secondary N) is 1. The van der Waals surface area contributed by atoms with Gasteiger partial charge in [-0.1, -0.05) is 6.07 Å². The second-order valence-corrected chi connectivity index (χ2v) is 9.30. The average Bonchev–Trinajstić information content (AvgIpc) is 3.64. The molecule has 6 nitrogen and oxygen atoms in total. The number of hydrogen-bond acceptors (Lipinski definition) is 6. The fourth-order valence-corrected chi connectivity index (χ4v) is 4.50. The number of fused-ring (bicyclic) bond motifs is 5. The Bertz CT molecular complexity index is 1250. The molecular weight excluding hydrogens is 429 g/mol. The number of ether oxygens (including phenoxy) is 1. The Morgan fingerprint density at radius 2 is 2.03 bits per heavy atom. The van der Waals surface area contributed by atoms with Gasteiger partial charge in [0.05, 0.1) is 5.69 Å². The van der Waals surface area contributed by atoms with Crippen molar-refractivity contribution >= 4 is 11.5 Å². The van der Waals surface area contributed by atoms with E-state index in [1.165, 1.54) is 25.0 Å². The second kappa shape index (κ2) is 9.06. The SMILES string of the molecule is CC(N)/C1=C(\NCC2CC2)c2cnc(N)c(c2)OC(C)c2cc(F)ccc2-c2ncccc2C1. The summed E-state index contributed by atoms with van der Waals surface area (Å²) in [6.45, 7) is 4.75. The van der Waals surface area contributed by atoms with E-state index in [1.54, 1.807) is 18.5 Å². The van der Waals surface area contributed by atoms with Crippen LogP contribution in [0.2, 0.25) is 0 Å². The molecule has 5 N–H and O–H groups in total. The van der Waals surface area contributed by atoms with Gasteiger partial charge in [-0.25, -0.2) is 9.37 Å². The zero-order valence-electron chi connectivity index (χ0n) is 19.5. The molecule has 1 aliphatic carbocycles. The fourth-order valence-electron chi connectivity index (χ4n) is 4.50. The molecule has 1 aromatic carbocycles. The van der Waals surface area contributed by atoms with Crippen LogP contribution in [0.15, 0.2) is 54.4 Å². The molecule has 0 spiro atoms. The number of pyridine rings is 2. The first kappa shape index (κ1) is 22.3. The predicted molar refractivity (Wildman–Crippen MR) is 132 cm³/mol. The lowest BCUT2D eigenvalue weighted by molar-refractivity contribution is 0.227. The minimum atomic E-state index is -0.473. The van der Waals surface area contributed by atoms with Crippen molar-refractivity contribution in [1.82, 2.24) is 15.3 Å². The van der Waals surface area contributed by atoms with Crippen LogP contribution < -0.4 is 21.5 Å². The molecular formula is C27H30FN5O. The molecule has 2 aliphatic rings. The average molecular weight is 460 g/mol. The number of aromatic nitrogens is 2. The van der Waals surface area contributed by atoms with Crippen LogP contribution in [0.5, 0.6) is 5.75 Å². The minimum absolute atomic E-state index is 0.216. The van der Waals surface area contributed by atoms with Crippen molar-refractivity contribution in [2.24, 2.45) is 11.7 Å². The minimum Gasteiger partial charge on any atom is -0.482 e. The Labute approximate surface area is 199 Å². The molecule has 176 valence electrons. The van der Waals surface area contributed by atoms with E-state index in [1.807, 2.05) is 26.0 Å². The smallest absolute Gasteiger partial charge is 0.166 e. The van der Waals surface area contributed by atoms with E-state index in [-0.39, 0.29) is 17.7 Å². The molecule has 1 fully saturated rings. The molecule has 0 saturated heterocycles. The quantitative estimate of drug-likeness (QED) is 0.527. The summed E-state index contributed by atoms with van der Waals surface area (Å²) < 4.78 is 20.6. The summed E-state index contributed by atoms with van der Waals surface area (Å²) in [7, 11) is 0. The van der Waals surface area contributed by atoms with Gasteiger partial charge in [-0.15, -0.1) is 0 Å². The molecule has 1 aliphatic heterocycles. The van der Waals surface area contributed by atoms with E-state index in [0.717, 1.165) is 40.2 Å². The molecule has 2 aromatic heterocycles. The van der Waals surface area contributed by atoms with Gasteiger partial charge in [0, 0.05) is 47.4 Å². The van der Waals surface area contributed by atoms with Crippen LogP contribution >= 0.6 is 0 Å². The molecule has 2 unspecified atom stereocenters. The Hall–Kier alpha value is -3.45. The van der Waals surface area contributed by atoms with Crippen LogP contribution in [0, 0.1) is 11.7 Å². The van der Waals surface area contributed by atoms with E-state index in [4.69, 9.17) is 21.2 Å². The van der Waals surface area contributed by atoms with Gasteiger partial charge in [0.15, 0.2) is 11.6 Å². The molecule has 2 bridgehead atoms. The zero-order chi connectivity index (χ0) is 23.8. The normalized spacial score (nSPS) is 20.8. The van der Waals surface area contributed by atoms with E-state index in [0.29, 0.717) is 23.7 Å². The van der Waals surface area contributed by atoms with Crippen molar-refractivity contribution in [3.63, 3.8) is 0 Å². The van der Waals surface area contributed by atoms with Gasteiger partial charge >= 0.3 is 0 Å². The highest BCUT2D eigenvalue weighted by molar-refractivity contribution is 5.73. The van der Waals surface area contributed by atoms with E-state index >= 15 is 0 Å². The first-order valence-corrected chi connectivity index (χ1v) is 11.8. The standard InChI is InChI=1S/C27H30FN5O/c1-15(29)22-10-18-4-3-9-31-25(18)21-8-7-20(28)12-23(21)16(2)34-24-11-19(14-33-27(24)30)26(22)32-13-17-5-6-17/h3-4,7-9,11-12,14-17,32H,5-6,10,13,29H2,1-2H3,(H2,30,33)/b26-22-. The summed E-state index contributed by atoms with van der Waals surface area (Å²) in [5.74, 6) is 1.09. The maximum atomic E-state index is 14.3. The molecule has 7 heteroatoms. The summed E-state index contributed by atoms with van der Waals surface area (Å²) >= 11 is 0. The van der Waals surface area contributed by atoms with Crippen LogP contribution in [0.4, 0.5) is 10.2 Å². The third-order valence-corrected chi connectivity index (χ3v) is 6.59. The molecule has 1 saturated carbocycles. The zero-order valence-corrected chi connectivity index (χ0v) is 19.5. The monoisotopic (exact) mass is 459 g/mol. The molecule has 34 heavy (non-hydrogen) atoms. The first-order chi connectivity index (χ1) is 16.4.